The van der Waals surface area contributed by atoms with Crippen LogP contribution in [0.3, 0.4) is 0 Å². The molecule has 1 saturated heterocycles. The second kappa shape index (κ2) is 7.13. The number of hydrogen-bond donors (Lipinski definition) is 1. The van der Waals surface area contributed by atoms with Crippen molar-refractivity contribution >= 4 is 40.5 Å². The van der Waals surface area contributed by atoms with E-state index in [1.165, 1.54) is 11.0 Å². The molecule has 0 aromatic heterocycles. The first-order valence-corrected chi connectivity index (χ1v) is 8.35. The molecule has 0 bridgehead atoms. The highest BCUT2D eigenvalue weighted by molar-refractivity contribution is 6.30. The van der Waals surface area contributed by atoms with Gasteiger partial charge in [0.1, 0.15) is 0 Å². The van der Waals surface area contributed by atoms with Gasteiger partial charge in [-0.05, 0) is 37.3 Å². The number of benzene rings is 2. The minimum Gasteiger partial charge on any atom is -0.326 e. The Labute approximate surface area is 154 Å². The lowest BCUT2D eigenvalue weighted by Gasteiger charge is -2.16. The molecule has 2 aromatic carbocycles. The van der Waals surface area contributed by atoms with Crippen LogP contribution in [0.2, 0.25) is 5.02 Å². The van der Waals surface area contributed by atoms with Crippen molar-refractivity contribution in [2.24, 2.45) is 5.92 Å². The van der Waals surface area contributed by atoms with E-state index in [4.69, 9.17) is 11.6 Å². The molecule has 1 atom stereocenters. The van der Waals surface area contributed by atoms with Gasteiger partial charge in [-0.25, -0.2) is 0 Å². The van der Waals surface area contributed by atoms with E-state index in [1.54, 1.807) is 43.3 Å². The molecule has 3 rings (SSSR count). The molecule has 1 heterocycles. The fraction of sp³-hybridized carbons (Fsp3) is 0.222. The lowest BCUT2D eigenvalue weighted by molar-refractivity contribution is -0.385. The molecular formula is C18H16ClN3O4. The molecule has 1 fully saturated rings. The molecule has 0 spiro atoms. The number of nitro groups is 1. The molecule has 2 amide bonds. The Kier molecular flexibility index (Phi) is 4.90. The lowest BCUT2D eigenvalue weighted by atomic mass is 10.1. The van der Waals surface area contributed by atoms with Crippen LogP contribution in [-0.2, 0) is 9.59 Å². The van der Waals surface area contributed by atoms with Gasteiger partial charge in [-0.15, -0.1) is 0 Å². The summed E-state index contributed by atoms with van der Waals surface area (Å²) in [6.45, 7) is 1.88. The Hall–Kier alpha value is -2.93. The van der Waals surface area contributed by atoms with Gasteiger partial charge in [0.05, 0.1) is 10.8 Å². The van der Waals surface area contributed by atoms with Gasteiger partial charge in [-0.1, -0.05) is 17.7 Å². The van der Waals surface area contributed by atoms with Crippen molar-refractivity contribution in [1.82, 2.24) is 0 Å². The van der Waals surface area contributed by atoms with Gasteiger partial charge in [0.15, 0.2) is 0 Å². The Morgan fingerprint density at radius 2 is 1.96 bits per heavy atom. The SMILES string of the molecule is Cc1ccc(NC(=O)[C@H]2CC(=O)N(c3ccc(Cl)cc3)C2)cc1[N+](=O)[O-]. The maximum Gasteiger partial charge on any atom is 0.274 e. The van der Waals surface area contributed by atoms with Crippen molar-refractivity contribution < 1.29 is 14.5 Å². The zero-order chi connectivity index (χ0) is 18.8. The van der Waals surface area contributed by atoms with E-state index in [0.29, 0.717) is 22.0 Å². The molecular weight excluding hydrogens is 358 g/mol. The van der Waals surface area contributed by atoms with Crippen LogP contribution in [0.25, 0.3) is 0 Å². The Bertz CT molecular complexity index is 883. The molecule has 2 aromatic rings. The molecule has 1 aliphatic heterocycles. The third-order valence-electron chi connectivity index (χ3n) is 4.31. The highest BCUT2D eigenvalue weighted by Gasteiger charge is 2.35. The van der Waals surface area contributed by atoms with Crippen LogP contribution in [0, 0.1) is 23.0 Å². The summed E-state index contributed by atoms with van der Waals surface area (Å²) in [7, 11) is 0. The van der Waals surface area contributed by atoms with Crippen molar-refractivity contribution in [3.05, 3.63) is 63.2 Å². The number of nitro benzene ring substituents is 1. The van der Waals surface area contributed by atoms with Crippen LogP contribution >= 0.6 is 11.6 Å². The van der Waals surface area contributed by atoms with E-state index in [9.17, 15) is 19.7 Å². The number of rotatable bonds is 4. The summed E-state index contributed by atoms with van der Waals surface area (Å²) in [4.78, 5) is 36.8. The van der Waals surface area contributed by atoms with Crippen molar-refractivity contribution in [3.8, 4) is 0 Å². The molecule has 134 valence electrons. The van der Waals surface area contributed by atoms with Gasteiger partial charge >= 0.3 is 0 Å². The summed E-state index contributed by atoms with van der Waals surface area (Å²) in [5, 5.41) is 14.2. The third kappa shape index (κ3) is 3.67. The van der Waals surface area contributed by atoms with Crippen molar-refractivity contribution in [3.63, 3.8) is 0 Å². The van der Waals surface area contributed by atoms with Crippen LogP contribution in [0.4, 0.5) is 17.1 Å². The smallest absolute Gasteiger partial charge is 0.274 e. The van der Waals surface area contributed by atoms with E-state index in [1.807, 2.05) is 0 Å². The van der Waals surface area contributed by atoms with Gasteiger partial charge in [-0.2, -0.15) is 0 Å². The summed E-state index contributed by atoms with van der Waals surface area (Å²) in [6, 6.07) is 11.3. The molecule has 0 saturated carbocycles. The number of aryl methyl sites for hydroxylation is 1. The number of halogens is 1. The van der Waals surface area contributed by atoms with Gasteiger partial charge in [-0.3, -0.25) is 19.7 Å². The van der Waals surface area contributed by atoms with Gasteiger partial charge in [0, 0.05) is 41.0 Å². The summed E-state index contributed by atoms with van der Waals surface area (Å²) in [5.74, 6) is -1.02. The fourth-order valence-corrected chi connectivity index (χ4v) is 3.01. The monoisotopic (exact) mass is 373 g/mol. The highest BCUT2D eigenvalue weighted by Crippen LogP contribution is 2.28. The van der Waals surface area contributed by atoms with Crippen molar-refractivity contribution in [1.29, 1.82) is 0 Å². The van der Waals surface area contributed by atoms with Crippen molar-refractivity contribution in [2.45, 2.75) is 13.3 Å². The van der Waals surface area contributed by atoms with E-state index in [0.717, 1.165) is 0 Å². The fourth-order valence-electron chi connectivity index (χ4n) is 2.88. The van der Waals surface area contributed by atoms with Crippen LogP contribution in [0.5, 0.6) is 0 Å². The quantitative estimate of drug-likeness (QED) is 0.655. The highest BCUT2D eigenvalue weighted by atomic mass is 35.5. The normalized spacial score (nSPS) is 16.6. The van der Waals surface area contributed by atoms with Crippen LogP contribution in [0.1, 0.15) is 12.0 Å². The summed E-state index contributed by atoms with van der Waals surface area (Å²) in [6.07, 6.45) is 0.0857. The first-order valence-electron chi connectivity index (χ1n) is 7.97. The summed E-state index contributed by atoms with van der Waals surface area (Å²) < 4.78 is 0. The van der Waals surface area contributed by atoms with E-state index >= 15 is 0 Å². The maximum absolute atomic E-state index is 12.5. The largest absolute Gasteiger partial charge is 0.326 e. The summed E-state index contributed by atoms with van der Waals surface area (Å²) >= 11 is 5.85. The minimum absolute atomic E-state index is 0.0620. The lowest BCUT2D eigenvalue weighted by Crippen LogP contribution is -2.28. The van der Waals surface area contributed by atoms with Gasteiger partial charge < -0.3 is 10.2 Å². The number of hydrogen-bond acceptors (Lipinski definition) is 4. The predicted molar refractivity (Wildman–Crippen MR) is 98.4 cm³/mol. The molecule has 8 heteroatoms. The molecule has 1 aliphatic rings. The average Bonchev–Trinajstić information content (AvgIpc) is 2.99. The second-order valence-corrected chi connectivity index (χ2v) is 6.57. The zero-order valence-electron chi connectivity index (χ0n) is 13.9. The zero-order valence-corrected chi connectivity index (χ0v) is 14.7. The van der Waals surface area contributed by atoms with Crippen LogP contribution in [-0.4, -0.2) is 23.3 Å². The number of carbonyl (C=O) groups excluding carboxylic acids is 2. The molecule has 0 unspecified atom stereocenters. The van der Waals surface area contributed by atoms with E-state index < -0.39 is 10.8 Å². The number of amides is 2. The molecule has 1 N–H and O–H groups in total. The molecule has 7 nitrogen and oxygen atoms in total. The first kappa shape index (κ1) is 17.9. The number of anilines is 2. The Morgan fingerprint density at radius 3 is 2.62 bits per heavy atom. The minimum atomic E-state index is -0.529. The van der Waals surface area contributed by atoms with E-state index in [-0.39, 0.29) is 30.5 Å². The Balaban J connectivity index is 1.71. The predicted octanol–water partition coefficient (Wildman–Crippen LogP) is 3.55. The van der Waals surface area contributed by atoms with Gasteiger partial charge in [0.25, 0.3) is 5.69 Å². The standard InChI is InChI=1S/C18H16ClN3O4/c1-11-2-5-14(9-16(11)22(25)26)20-18(24)12-8-17(23)21(10-12)15-6-3-13(19)4-7-15/h2-7,9,12H,8,10H2,1H3,(H,20,24)/t12-/m0/s1. The maximum atomic E-state index is 12.5. The number of carbonyl (C=O) groups is 2. The summed E-state index contributed by atoms with van der Waals surface area (Å²) in [5.41, 5.74) is 1.47. The average molecular weight is 374 g/mol. The molecule has 0 radical (unpaired) electrons. The van der Waals surface area contributed by atoms with E-state index in [2.05, 4.69) is 5.32 Å². The topological polar surface area (TPSA) is 92.6 Å². The third-order valence-corrected chi connectivity index (χ3v) is 4.56. The van der Waals surface area contributed by atoms with Crippen LogP contribution in [0.15, 0.2) is 42.5 Å². The van der Waals surface area contributed by atoms with Crippen LogP contribution < -0.4 is 10.2 Å². The Morgan fingerprint density at radius 1 is 1.27 bits per heavy atom. The molecule has 26 heavy (non-hydrogen) atoms. The van der Waals surface area contributed by atoms with Crippen molar-refractivity contribution in [2.75, 3.05) is 16.8 Å². The second-order valence-electron chi connectivity index (χ2n) is 6.13. The first-order chi connectivity index (χ1) is 12.3. The van der Waals surface area contributed by atoms with Gasteiger partial charge in [0.2, 0.25) is 11.8 Å². The molecule has 0 aliphatic carbocycles. The number of nitrogens with one attached hydrogen (secondary N) is 1. The number of nitrogens with zero attached hydrogens (tertiary/aromatic N) is 2.